The van der Waals surface area contributed by atoms with Crippen LogP contribution in [0.25, 0.3) is 0 Å². The van der Waals surface area contributed by atoms with Gasteiger partial charge >= 0.3 is 0 Å². The summed E-state index contributed by atoms with van der Waals surface area (Å²) >= 11 is 1.64. The number of carbonyl (C=O) groups is 2. The molecular formula is C21H24N4O2S. The average molecular weight is 397 g/mol. The topological polar surface area (TPSA) is 86.1 Å². The van der Waals surface area contributed by atoms with Crippen LogP contribution in [-0.4, -0.2) is 41.3 Å². The van der Waals surface area contributed by atoms with Gasteiger partial charge in [-0.2, -0.15) is 5.26 Å². The summed E-state index contributed by atoms with van der Waals surface area (Å²) < 4.78 is 0. The third-order valence-electron chi connectivity index (χ3n) is 4.91. The number of nitrogens with one attached hydrogen (secondary N) is 1. The Labute approximate surface area is 169 Å². The molecule has 1 aliphatic heterocycles. The number of nitrogens with zero attached hydrogens (tertiary/aromatic N) is 3. The molecule has 1 aromatic carbocycles. The molecule has 2 heterocycles. The van der Waals surface area contributed by atoms with Crippen LogP contribution < -0.4 is 5.32 Å². The largest absolute Gasteiger partial charge is 0.356 e. The SMILES string of the molecule is CCC(=O)NCCc1csc([C@@H]2CCCN(C(=O)c3ccc(C#N)cc3)C2)n1. The normalized spacial score (nSPS) is 16.4. The summed E-state index contributed by atoms with van der Waals surface area (Å²) in [6.07, 6.45) is 3.20. The standard InChI is InChI=1S/C21H24N4O2S/c1-2-19(26)23-10-9-18-14-28-20(24-18)17-4-3-11-25(13-17)21(27)16-7-5-15(12-22)6-8-16/h5-8,14,17H,2-4,9-11,13H2,1H3,(H,23,26)/t17-/m1/s1. The van der Waals surface area contributed by atoms with Crippen molar-refractivity contribution >= 4 is 23.2 Å². The van der Waals surface area contributed by atoms with Gasteiger partial charge in [-0.1, -0.05) is 6.92 Å². The van der Waals surface area contributed by atoms with Crippen molar-refractivity contribution < 1.29 is 9.59 Å². The number of thiazole rings is 1. The molecule has 1 N–H and O–H groups in total. The van der Waals surface area contributed by atoms with Gasteiger partial charge in [0.2, 0.25) is 5.91 Å². The van der Waals surface area contributed by atoms with Gasteiger partial charge in [0, 0.05) is 49.3 Å². The summed E-state index contributed by atoms with van der Waals surface area (Å²) in [6, 6.07) is 8.87. The quantitative estimate of drug-likeness (QED) is 0.813. The van der Waals surface area contributed by atoms with Crippen molar-refractivity contribution in [3.63, 3.8) is 0 Å². The molecule has 7 heteroatoms. The second-order valence-electron chi connectivity index (χ2n) is 6.91. The molecule has 0 bridgehead atoms. The van der Waals surface area contributed by atoms with Gasteiger partial charge < -0.3 is 10.2 Å². The van der Waals surface area contributed by atoms with Crippen LogP contribution in [0.4, 0.5) is 0 Å². The summed E-state index contributed by atoms with van der Waals surface area (Å²) in [6.45, 7) is 3.85. The number of aromatic nitrogens is 1. The molecule has 3 rings (SSSR count). The minimum Gasteiger partial charge on any atom is -0.356 e. The van der Waals surface area contributed by atoms with E-state index < -0.39 is 0 Å². The molecule has 1 fully saturated rings. The van der Waals surface area contributed by atoms with Crippen molar-refractivity contribution in [1.82, 2.24) is 15.2 Å². The summed E-state index contributed by atoms with van der Waals surface area (Å²) in [5.41, 5.74) is 2.16. The fourth-order valence-corrected chi connectivity index (χ4v) is 4.30. The molecule has 0 radical (unpaired) electrons. The molecule has 0 aliphatic carbocycles. The molecule has 0 unspecified atom stereocenters. The maximum Gasteiger partial charge on any atom is 0.253 e. The van der Waals surface area contributed by atoms with Gasteiger partial charge in [0.1, 0.15) is 0 Å². The Hall–Kier alpha value is -2.72. The van der Waals surface area contributed by atoms with Crippen LogP contribution in [0.2, 0.25) is 0 Å². The van der Waals surface area contributed by atoms with Crippen LogP contribution in [-0.2, 0) is 11.2 Å². The fraction of sp³-hybridized carbons (Fsp3) is 0.429. The number of piperidine rings is 1. The highest BCUT2D eigenvalue weighted by molar-refractivity contribution is 7.09. The van der Waals surface area contributed by atoms with E-state index in [4.69, 9.17) is 10.2 Å². The first kappa shape index (κ1) is 20.0. The van der Waals surface area contributed by atoms with Crippen molar-refractivity contribution in [2.75, 3.05) is 19.6 Å². The lowest BCUT2D eigenvalue weighted by atomic mass is 9.98. The Morgan fingerprint density at radius 1 is 1.36 bits per heavy atom. The van der Waals surface area contributed by atoms with Crippen LogP contribution >= 0.6 is 11.3 Å². The summed E-state index contributed by atoms with van der Waals surface area (Å²) in [5, 5.41) is 14.9. The number of likely N-dealkylation sites (tertiary alicyclic amines) is 1. The number of amides is 2. The van der Waals surface area contributed by atoms with E-state index in [1.165, 1.54) is 0 Å². The Morgan fingerprint density at radius 2 is 2.14 bits per heavy atom. The third kappa shape index (κ3) is 4.96. The zero-order chi connectivity index (χ0) is 19.9. The van der Waals surface area contributed by atoms with Crippen LogP contribution in [0.1, 0.15) is 58.7 Å². The molecule has 1 saturated heterocycles. The second-order valence-corrected chi connectivity index (χ2v) is 7.80. The molecule has 0 spiro atoms. The van der Waals surface area contributed by atoms with Gasteiger partial charge in [-0.05, 0) is 37.1 Å². The lowest BCUT2D eigenvalue weighted by Gasteiger charge is -2.32. The van der Waals surface area contributed by atoms with Crippen LogP contribution in [0.15, 0.2) is 29.6 Å². The predicted molar refractivity (Wildman–Crippen MR) is 108 cm³/mol. The average Bonchev–Trinajstić information content (AvgIpc) is 3.22. The van der Waals surface area contributed by atoms with E-state index in [9.17, 15) is 9.59 Å². The first-order valence-corrected chi connectivity index (χ1v) is 10.5. The minimum atomic E-state index is 0.00764. The second kappa shape index (κ2) is 9.47. The molecule has 1 aliphatic rings. The van der Waals surface area contributed by atoms with Crippen molar-refractivity contribution in [2.24, 2.45) is 0 Å². The lowest BCUT2D eigenvalue weighted by Crippen LogP contribution is -2.39. The van der Waals surface area contributed by atoms with E-state index in [1.54, 1.807) is 35.6 Å². The highest BCUT2D eigenvalue weighted by Gasteiger charge is 2.27. The van der Waals surface area contributed by atoms with Crippen molar-refractivity contribution in [3.05, 3.63) is 51.5 Å². The fourth-order valence-electron chi connectivity index (χ4n) is 3.31. The number of carbonyl (C=O) groups excluding carboxylic acids is 2. The Balaban J connectivity index is 1.59. The molecular weight excluding hydrogens is 372 g/mol. The zero-order valence-corrected chi connectivity index (χ0v) is 16.8. The number of hydrogen-bond acceptors (Lipinski definition) is 5. The van der Waals surface area contributed by atoms with Gasteiger partial charge in [0.15, 0.2) is 0 Å². The molecule has 0 saturated carbocycles. The van der Waals surface area contributed by atoms with Crippen molar-refractivity contribution in [2.45, 2.75) is 38.5 Å². The zero-order valence-electron chi connectivity index (χ0n) is 16.0. The maximum absolute atomic E-state index is 12.8. The maximum atomic E-state index is 12.8. The number of rotatable bonds is 6. The van der Waals surface area contributed by atoms with E-state index in [2.05, 4.69) is 16.8 Å². The van der Waals surface area contributed by atoms with Gasteiger partial charge in [0.05, 0.1) is 22.3 Å². The first-order chi connectivity index (χ1) is 13.6. The van der Waals surface area contributed by atoms with Gasteiger partial charge in [-0.25, -0.2) is 4.98 Å². The van der Waals surface area contributed by atoms with Crippen molar-refractivity contribution in [1.29, 1.82) is 5.26 Å². The monoisotopic (exact) mass is 396 g/mol. The van der Waals surface area contributed by atoms with Crippen LogP contribution in [0.3, 0.4) is 0 Å². The Morgan fingerprint density at radius 3 is 2.86 bits per heavy atom. The summed E-state index contributed by atoms with van der Waals surface area (Å²) in [4.78, 5) is 30.8. The van der Waals surface area contributed by atoms with E-state index in [0.29, 0.717) is 30.6 Å². The van der Waals surface area contributed by atoms with Crippen LogP contribution in [0.5, 0.6) is 0 Å². The highest BCUT2D eigenvalue weighted by Crippen LogP contribution is 2.30. The molecule has 1 atom stereocenters. The highest BCUT2D eigenvalue weighted by atomic mass is 32.1. The van der Waals surface area contributed by atoms with E-state index >= 15 is 0 Å². The van der Waals surface area contributed by atoms with Crippen molar-refractivity contribution in [3.8, 4) is 6.07 Å². The minimum absolute atomic E-state index is 0.00764. The molecule has 28 heavy (non-hydrogen) atoms. The van der Waals surface area contributed by atoms with E-state index in [-0.39, 0.29) is 17.7 Å². The third-order valence-corrected chi connectivity index (χ3v) is 5.97. The molecule has 6 nitrogen and oxygen atoms in total. The molecule has 2 amide bonds. The number of nitriles is 1. The molecule has 146 valence electrons. The van der Waals surface area contributed by atoms with Gasteiger partial charge in [-0.3, -0.25) is 9.59 Å². The Bertz CT molecular complexity index is 869. The smallest absolute Gasteiger partial charge is 0.253 e. The lowest BCUT2D eigenvalue weighted by molar-refractivity contribution is -0.120. The van der Waals surface area contributed by atoms with Gasteiger partial charge in [-0.15, -0.1) is 11.3 Å². The van der Waals surface area contributed by atoms with E-state index in [0.717, 1.165) is 36.5 Å². The predicted octanol–water partition coefficient (Wildman–Crippen LogP) is 3.10. The summed E-state index contributed by atoms with van der Waals surface area (Å²) in [5.74, 6) is 0.313. The first-order valence-electron chi connectivity index (χ1n) is 9.61. The molecule has 2 aromatic rings. The Kier molecular flexibility index (Phi) is 6.77. The number of benzene rings is 1. The van der Waals surface area contributed by atoms with Crippen LogP contribution in [0, 0.1) is 11.3 Å². The molecule has 1 aromatic heterocycles. The van der Waals surface area contributed by atoms with E-state index in [1.807, 2.05) is 11.8 Å². The number of hydrogen-bond donors (Lipinski definition) is 1. The summed E-state index contributed by atoms with van der Waals surface area (Å²) in [7, 11) is 0. The van der Waals surface area contributed by atoms with Gasteiger partial charge in [0.25, 0.3) is 5.91 Å².